The first-order valence-electron chi connectivity index (χ1n) is 14.2. The third-order valence-electron chi connectivity index (χ3n) is 8.25. The zero-order valence-electron chi connectivity index (χ0n) is 24.9. The molecule has 3 heterocycles. The molecule has 0 aliphatic carbocycles. The number of benzene rings is 3. The van der Waals surface area contributed by atoms with Crippen LogP contribution in [-0.2, 0) is 15.8 Å². The average molecular weight is 696 g/mol. The summed E-state index contributed by atoms with van der Waals surface area (Å²) in [5.74, 6) is -1.36. The van der Waals surface area contributed by atoms with Crippen molar-refractivity contribution in [1.29, 1.82) is 0 Å². The molecule has 2 atom stereocenters. The number of fused-ring (bicyclic) bond motifs is 2. The third kappa shape index (κ3) is 5.72. The van der Waals surface area contributed by atoms with Crippen LogP contribution in [0.15, 0.2) is 72.9 Å². The number of hydrogen-bond donors (Lipinski definition) is 3. The Morgan fingerprint density at radius 2 is 1.89 bits per heavy atom. The Kier molecular flexibility index (Phi) is 8.48. The van der Waals surface area contributed by atoms with E-state index in [-0.39, 0.29) is 44.9 Å². The normalized spacial score (nSPS) is 16.7. The van der Waals surface area contributed by atoms with Crippen molar-refractivity contribution < 1.29 is 28.6 Å². The van der Waals surface area contributed by atoms with E-state index in [0.29, 0.717) is 32.8 Å². The molecule has 0 saturated heterocycles. The van der Waals surface area contributed by atoms with Crippen LogP contribution in [0.4, 0.5) is 4.39 Å². The second-order valence-electron chi connectivity index (χ2n) is 11.3. The molecule has 0 spiro atoms. The molecule has 47 heavy (non-hydrogen) atoms. The van der Waals surface area contributed by atoms with Gasteiger partial charge >= 0.3 is 0 Å². The molecular formula is C34H26Cl3FN4O5. The molecule has 2 amide bonds. The van der Waals surface area contributed by atoms with Gasteiger partial charge < -0.3 is 25.6 Å². The number of rotatable bonds is 8. The highest BCUT2D eigenvalue weighted by Gasteiger charge is 2.46. The van der Waals surface area contributed by atoms with E-state index in [0.717, 1.165) is 6.07 Å². The first-order valence-corrected chi connectivity index (χ1v) is 15.3. The Labute approximate surface area is 283 Å². The Bertz CT molecular complexity index is 2100. The third-order valence-corrected chi connectivity index (χ3v) is 9.28. The number of ether oxygens (including phenoxy) is 2. The number of hydrogen-bond acceptors (Lipinski definition) is 7. The van der Waals surface area contributed by atoms with Gasteiger partial charge in [0, 0.05) is 28.3 Å². The smallest absolute Gasteiger partial charge is 0.251 e. The number of primary amides is 1. The lowest BCUT2D eigenvalue weighted by Gasteiger charge is -2.30. The number of aromatic nitrogens is 2. The maximum atomic E-state index is 14.7. The van der Waals surface area contributed by atoms with Gasteiger partial charge in [0.25, 0.3) is 5.91 Å². The van der Waals surface area contributed by atoms with Crippen LogP contribution < -0.4 is 20.5 Å². The van der Waals surface area contributed by atoms with Gasteiger partial charge in [0.2, 0.25) is 5.91 Å². The Morgan fingerprint density at radius 1 is 1.13 bits per heavy atom. The second kappa shape index (κ2) is 12.3. The minimum Gasteiger partial charge on any atom is -0.494 e. The van der Waals surface area contributed by atoms with Crippen molar-refractivity contribution in [2.75, 3.05) is 20.3 Å². The van der Waals surface area contributed by atoms with E-state index in [1.165, 1.54) is 43.6 Å². The standard InChI is InChI=1S/C34H26Cl3FN4O5/c1-33(32(39)44)16-47-30-23(33)13-26(42-29(30)22-7-4-8-24(36)27(22)37)34(45,19-5-3-6-21(38)12-19)15-41-31(43)18-9-17-10-20(35)14-40-28(17)25(11-18)46-2/h3-14,45H,15-16H2,1-2H3,(H2,39,44)(H,41,43)/t33-,34+/m0/s1. The molecule has 0 radical (unpaired) electrons. The van der Waals surface area contributed by atoms with Gasteiger partial charge in [0.15, 0.2) is 0 Å². The van der Waals surface area contributed by atoms with Gasteiger partial charge in [-0.3, -0.25) is 14.6 Å². The van der Waals surface area contributed by atoms with Crippen LogP contribution in [0.3, 0.4) is 0 Å². The average Bonchev–Trinajstić information content (AvgIpc) is 3.41. The lowest BCUT2D eigenvalue weighted by molar-refractivity contribution is -0.123. The van der Waals surface area contributed by atoms with Gasteiger partial charge in [-0.2, -0.15) is 0 Å². The molecule has 0 fully saturated rings. The molecule has 1 aliphatic rings. The van der Waals surface area contributed by atoms with Crippen LogP contribution in [0.2, 0.25) is 15.1 Å². The zero-order chi connectivity index (χ0) is 33.7. The topological polar surface area (TPSA) is 137 Å². The highest BCUT2D eigenvalue weighted by Crippen LogP contribution is 2.48. The fraction of sp³-hybridized carbons (Fsp3) is 0.176. The molecule has 2 aromatic heterocycles. The minimum atomic E-state index is -2.15. The summed E-state index contributed by atoms with van der Waals surface area (Å²) in [6.45, 7) is 1.02. The van der Waals surface area contributed by atoms with Gasteiger partial charge in [-0.15, -0.1) is 0 Å². The van der Waals surface area contributed by atoms with Crippen LogP contribution in [0, 0.1) is 5.82 Å². The summed E-state index contributed by atoms with van der Waals surface area (Å²) >= 11 is 19.1. The summed E-state index contributed by atoms with van der Waals surface area (Å²) < 4.78 is 26.1. The molecular weight excluding hydrogens is 670 g/mol. The van der Waals surface area contributed by atoms with Crippen LogP contribution in [0.25, 0.3) is 22.2 Å². The summed E-state index contributed by atoms with van der Waals surface area (Å²) in [5, 5.41) is 16.6. The number of pyridine rings is 2. The molecule has 1 aliphatic heterocycles. The molecule has 6 rings (SSSR count). The van der Waals surface area contributed by atoms with E-state index in [1.807, 2.05) is 0 Å². The Morgan fingerprint density at radius 3 is 2.62 bits per heavy atom. The quantitative estimate of drug-likeness (QED) is 0.176. The fourth-order valence-corrected chi connectivity index (χ4v) is 6.10. The molecule has 240 valence electrons. The van der Waals surface area contributed by atoms with E-state index in [1.54, 1.807) is 37.3 Å². The first kappa shape index (κ1) is 32.5. The Hall–Kier alpha value is -4.48. The van der Waals surface area contributed by atoms with Crippen molar-refractivity contribution in [2.24, 2.45) is 5.73 Å². The van der Waals surface area contributed by atoms with Gasteiger partial charge in [0.05, 0.1) is 34.4 Å². The number of halogens is 4. The van der Waals surface area contributed by atoms with Gasteiger partial charge in [0.1, 0.15) is 46.1 Å². The maximum Gasteiger partial charge on any atom is 0.251 e. The molecule has 4 N–H and O–H groups in total. The lowest BCUT2D eigenvalue weighted by atomic mass is 9.80. The molecule has 0 unspecified atom stereocenters. The van der Waals surface area contributed by atoms with Crippen molar-refractivity contribution in [1.82, 2.24) is 15.3 Å². The number of nitrogens with zero attached hydrogens (tertiary/aromatic N) is 2. The number of nitrogens with one attached hydrogen (secondary N) is 1. The van der Waals surface area contributed by atoms with E-state index >= 15 is 0 Å². The van der Waals surface area contributed by atoms with Crippen LogP contribution in [0.1, 0.15) is 34.1 Å². The Balaban J connectivity index is 1.51. The molecule has 3 aromatic carbocycles. The van der Waals surface area contributed by atoms with Crippen molar-refractivity contribution in [3.8, 4) is 22.8 Å². The second-order valence-corrected chi connectivity index (χ2v) is 12.5. The summed E-state index contributed by atoms with van der Waals surface area (Å²) in [6, 6.07) is 16.4. The summed E-state index contributed by atoms with van der Waals surface area (Å²) in [7, 11) is 1.45. The summed E-state index contributed by atoms with van der Waals surface area (Å²) in [6.07, 6.45) is 1.47. The molecule has 0 saturated carbocycles. The minimum absolute atomic E-state index is 0.0433. The fourth-order valence-electron chi connectivity index (χ4n) is 5.54. The van der Waals surface area contributed by atoms with Crippen molar-refractivity contribution in [3.63, 3.8) is 0 Å². The van der Waals surface area contributed by atoms with Gasteiger partial charge in [-0.05, 0) is 55.0 Å². The van der Waals surface area contributed by atoms with Crippen molar-refractivity contribution in [3.05, 3.63) is 116 Å². The lowest BCUT2D eigenvalue weighted by Crippen LogP contribution is -2.43. The van der Waals surface area contributed by atoms with Gasteiger partial charge in [-0.1, -0.05) is 59.1 Å². The summed E-state index contributed by atoms with van der Waals surface area (Å²) in [4.78, 5) is 35.4. The van der Waals surface area contributed by atoms with E-state index in [9.17, 15) is 19.1 Å². The number of methoxy groups -OCH3 is 1. The van der Waals surface area contributed by atoms with Gasteiger partial charge in [-0.25, -0.2) is 9.37 Å². The largest absolute Gasteiger partial charge is 0.494 e. The van der Waals surface area contributed by atoms with E-state index in [4.69, 9.17) is 55.0 Å². The van der Waals surface area contributed by atoms with Crippen LogP contribution >= 0.6 is 34.8 Å². The van der Waals surface area contributed by atoms with Crippen molar-refractivity contribution >= 4 is 57.5 Å². The van der Waals surface area contributed by atoms with Crippen molar-refractivity contribution in [2.45, 2.75) is 17.9 Å². The van der Waals surface area contributed by atoms with Crippen LogP contribution in [0.5, 0.6) is 11.5 Å². The molecule has 0 bridgehead atoms. The molecule has 13 heteroatoms. The predicted octanol–water partition coefficient (Wildman–Crippen LogP) is 6.21. The maximum absolute atomic E-state index is 14.7. The monoisotopic (exact) mass is 694 g/mol. The van der Waals surface area contributed by atoms with E-state index in [2.05, 4.69) is 10.3 Å². The zero-order valence-corrected chi connectivity index (χ0v) is 27.2. The predicted molar refractivity (Wildman–Crippen MR) is 177 cm³/mol. The number of amides is 2. The number of carbonyl (C=O) groups is 2. The molecule has 5 aromatic rings. The number of aliphatic hydroxyl groups is 1. The SMILES string of the molecule is COc1cc(C(=O)NC[C@@](O)(c2cccc(F)c2)c2cc3c(c(-c4cccc(Cl)c4Cl)n2)OC[C@]3(C)C(N)=O)cc2cc(Cl)cnc12. The first-order chi connectivity index (χ1) is 22.4. The number of nitrogens with two attached hydrogens (primary N) is 1. The van der Waals surface area contributed by atoms with E-state index < -0.39 is 35.2 Å². The number of carbonyl (C=O) groups excluding carboxylic acids is 2. The van der Waals surface area contributed by atoms with Crippen LogP contribution in [-0.4, -0.2) is 47.2 Å². The highest BCUT2D eigenvalue weighted by atomic mass is 35.5. The summed E-state index contributed by atoms with van der Waals surface area (Å²) in [5.41, 5.74) is 3.91. The highest BCUT2D eigenvalue weighted by molar-refractivity contribution is 6.43. The molecule has 9 nitrogen and oxygen atoms in total.